The number of ether oxygens (including phenoxy) is 1. The van der Waals surface area contributed by atoms with Crippen LogP contribution in [0.25, 0.3) is 0 Å². The molecule has 1 aliphatic rings. The third-order valence-electron chi connectivity index (χ3n) is 2.38. The highest BCUT2D eigenvalue weighted by Gasteiger charge is 2.07. The summed E-state index contributed by atoms with van der Waals surface area (Å²) in [5.74, 6) is 1.54. The van der Waals surface area contributed by atoms with Crippen molar-refractivity contribution in [3.63, 3.8) is 0 Å². The maximum Gasteiger partial charge on any atom is 0.259 e. The van der Waals surface area contributed by atoms with Gasteiger partial charge in [0.25, 0.3) is 5.24 Å². The van der Waals surface area contributed by atoms with Crippen molar-refractivity contribution in [2.24, 2.45) is 4.99 Å². The summed E-state index contributed by atoms with van der Waals surface area (Å²) in [7, 11) is 0. The molecule has 0 aliphatic carbocycles. The van der Waals surface area contributed by atoms with Crippen molar-refractivity contribution >= 4 is 22.7 Å². The zero-order chi connectivity index (χ0) is 12.1. The summed E-state index contributed by atoms with van der Waals surface area (Å²) in [6.45, 7) is 1.71. The second-order valence-electron chi connectivity index (χ2n) is 3.68. The molecule has 0 aromatic heterocycles. The summed E-state index contributed by atoms with van der Waals surface area (Å²) in [5, 5.41) is 2.73. The van der Waals surface area contributed by atoms with E-state index in [-0.39, 0.29) is 6.61 Å². The maximum absolute atomic E-state index is 10.5. The SMILES string of the molecule is O=C(Cl)COc1ccc(C2=NCCCN2)cc1. The molecule has 0 amide bonds. The topological polar surface area (TPSA) is 50.7 Å². The second kappa shape index (κ2) is 5.68. The van der Waals surface area contributed by atoms with Crippen molar-refractivity contribution in [1.29, 1.82) is 0 Å². The molecule has 0 saturated heterocycles. The molecule has 1 aromatic carbocycles. The Morgan fingerprint density at radius 3 is 2.76 bits per heavy atom. The number of rotatable bonds is 4. The first-order valence-corrected chi connectivity index (χ1v) is 5.83. The minimum atomic E-state index is -0.507. The van der Waals surface area contributed by atoms with Gasteiger partial charge in [-0.1, -0.05) is 0 Å². The molecule has 17 heavy (non-hydrogen) atoms. The Morgan fingerprint density at radius 2 is 2.18 bits per heavy atom. The van der Waals surface area contributed by atoms with Gasteiger partial charge in [-0.15, -0.1) is 0 Å². The Kier molecular flexibility index (Phi) is 3.98. The number of amidine groups is 1. The van der Waals surface area contributed by atoms with Crippen LogP contribution in [-0.2, 0) is 4.79 Å². The molecule has 1 heterocycles. The van der Waals surface area contributed by atoms with Gasteiger partial charge in [0.1, 0.15) is 11.6 Å². The third kappa shape index (κ3) is 3.46. The Hall–Kier alpha value is -1.55. The lowest BCUT2D eigenvalue weighted by atomic mass is 10.2. The standard InChI is InChI=1S/C12H13ClN2O2/c13-11(16)8-17-10-4-2-9(3-5-10)12-14-6-1-7-15-12/h2-5H,1,6-8H2,(H,14,15). The van der Waals surface area contributed by atoms with Gasteiger partial charge in [0.2, 0.25) is 0 Å². The van der Waals surface area contributed by atoms with Gasteiger partial charge < -0.3 is 10.1 Å². The van der Waals surface area contributed by atoms with E-state index in [2.05, 4.69) is 10.3 Å². The van der Waals surface area contributed by atoms with Crippen LogP contribution in [0.2, 0.25) is 0 Å². The van der Waals surface area contributed by atoms with Crippen molar-refractivity contribution < 1.29 is 9.53 Å². The first-order chi connectivity index (χ1) is 8.25. The summed E-state index contributed by atoms with van der Waals surface area (Å²) in [5.41, 5.74) is 1.02. The van der Waals surface area contributed by atoms with E-state index in [1.54, 1.807) is 12.1 Å². The van der Waals surface area contributed by atoms with Crippen LogP contribution in [-0.4, -0.2) is 30.8 Å². The van der Waals surface area contributed by atoms with Gasteiger partial charge in [-0.05, 0) is 42.3 Å². The molecule has 0 spiro atoms. The normalized spacial score (nSPS) is 14.8. The highest BCUT2D eigenvalue weighted by molar-refractivity contribution is 6.63. The number of aliphatic imine (C=N–C) groups is 1. The first kappa shape index (κ1) is 11.9. The number of nitrogens with zero attached hydrogens (tertiary/aromatic N) is 1. The van der Waals surface area contributed by atoms with Crippen LogP contribution >= 0.6 is 11.6 Å². The number of nitrogens with one attached hydrogen (secondary N) is 1. The molecular weight excluding hydrogens is 240 g/mol. The molecule has 5 heteroatoms. The molecule has 0 atom stereocenters. The van der Waals surface area contributed by atoms with Crippen LogP contribution in [0.3, 0.4) is 0 Å². The van der Waals surface area contributed by atoms with Gasteiger partial charge in [-0.2, -0.15) is 0 Å². The molecule has 1 aromatic rings. The van der Waals surface area contributed by atoms with E-state index in [9.17, 15) is 4.79 Å². The van der Waals surface area contributed by atoms with E-state index in [4.69, 9.17) is 16.3 Å². The van der Waals surface area contributed by atoms with Crippen LogP contribution in [0.1, 0.15) is 12.0 Å². The highest BCUT2D eigenvalue weighted by Crippen LogP contribution is 2.13. The zero-order valence-electron chi connectivity index (χ0n) is 9.28. The first-order valence-electron chi connectivity index (χ1n) is 5.45. The van der Waals surface area contributed by atoms with Gasteiger partial charge in [0.15, 0.2) is 6.61 Å². The molecule has 0 bridgehead atoms. The highest BCUT2D eigenvalue weighted by atomic mass is 35.5. The van der Waals surface area contributed by atoms with Crippen molar-refractivity contribution in [2.75, 3.05) is 19.7 Å². The van der Waals surface area contributed by atoms with Crippen molar-refractivity contribution in [2.45, 2.75) is 6.42 Å². The molecule has 0 saturated carbocycles. The van der Waals surface area contributed by atoms with E-state index in [1.165, 1.54) is 0 Å². The van der Waals surface area contributed by atoms with Crippen LogP contribution in [0, 0.1) is 0 Å². The minimum Gasteiger partial charge on any atom is -0.484 e. The summed E-state index contributed by atoms with van der Waals surface area (Å²) < 4.78 is 5.17. The quantitative estimate of drug-likeness (QED) is 0.828. The predicted molar refractivity (Wildman–Crippen MR) is 66.8 cm³/mol. The van der Waals surface area contributed by atoms with Crippen LogP contribution in [0.15, 0.2) is 29.3 Å². The smallest absolute Gasteiger partial charge is 0.259 e. The molecule has 2 rings (SSSR count). The van der Waals surface area contributed by atoms with E-state index in [0.717, 1.165) is 30.9 Å². The van der Waals surface area contributed by atoms with Crippen molar-refractivity contribution in [1.82, 2.24) is 5.32 Å². The Balaban J connectivity index is 2.02. The Labute approximate surface area is 105 Å². The molecule has 0 radical (unpaired) electrons. The second-order valence-corrected chi connectivity index (χ2v) is 4.10. The average molecular weight is 253 g/mol. The lowest BCUT2D eigenvalue weighted by Crippen LogP contribution is -2.30. The van der Waals surface area contributed by atoms with Crippen LogP contribution in [0.5, 0.6) is 5.75 Å². The number of carbonyl (C=O) groups is 1. The number of hydrogen-bond acceptors (Lipinski definition) is 4. The maximum atomic E-state index is 10.5. The molecule has 1 N–H and O–H groups in total. The van der Waals surface area contributed by atoms with E-state index in [1.807, 2.05) is 12.1 Å². The van der Waals surface area contributed by atoms with E-state index < -0.39 is 5.24 Å². The van der Waals surface area contributed by atoms with Gasteiger partial charge in [-0.3, -0.25) is 9.79 Å². The summed E-state index contributed by atoms with van der Waals surface area (Å²) in [6.07, 6.45) is 1.07. The molecular formula is C12H13ClN2O2. The summed E-state index contributed by atoms with van der Waals surface area (Å²) in [6, 6.07) is 7.42. The van der Waals surface area contributed by atoms with Crippen molar-refractivity contribution in [3.8, 4) is 5.75 Å². The fraction of sp³-hybridized carbons (Fsp3) is 0.333. The summed E-state index contributed by atoms with van der Waals surface area (Å²) in [4.78, 5) is 14.9. The van der Waals surface area contributed by atoms with E-state index >= 15 is 0 Å². The summed E-state index contributed by atoms with van der Waals surface area (Å²) >= 11 is 5.19. The fourth-order valence-electron chi connectivity index (χ4n) is 1.58. The van der Waals surface area contributed by atoms with Gasteiger partial charge >= 0.3 is 0 Å². The molecule has 0 fully saturated rings. The van der Waals surface area contributed by atoms with Gasteiger partial charge in [-0.25, -0.2) is 0 Å². The molecule has 90 valence electrons. The van der Waals surface area contributed by atoms with Crippen LogP contribution < -0.4 is 10.1 Å². The number of hydrogen-bond donors (Lipinski definition) is 1. The molecule has 0 unspecified atom stereocenters. The lowest BCUT2D eigenvalue weighted by Gasteiger charge is -2.14. The zero-order valence-corrected chi connectivity index (χ0v) is 10.0. The lowest BCUT2D eigenvalue weighted by molar-refractivity contribution is -0.113. The largest absolute Gasteiger partial charge is 0.484 e. The monoisotopic (exact) mass is 252 g/mol. The Morgan fingerprint density at radius 1 is 1.41 bits per heavy atom. The fourth-order valence-corrected chi connectivity index (χ4v) is 1.63. The average Bonchev–Trinajstić information content (AvgIpc) is 2.38. The van der Waals surface area contributed by atoms with Gasteiger partial charge in [0.05, 0.1) is 0 Å². The van der Waals surface area contributed by atoms with Gasteiger partial charge in [0, 0.05) is 18.7 Å². The number of halogens is 1. The predicted octanol–water partition coefficient (Wildman–Crippen LogP) is 1.57. The molecule has 4 nitrogen and oxygen atoms in total. The van der Waals surface area contributed by atoms with Crippen LogP contribution in [0.4, 0.5) is 0 Å². The Bertz CT molecular complexity index is 429. The third-order valence-corrected chi connectivity index (χ3v) is 2.49. The van der Waals surface area contributed by atoms with Crippen molar-refractivity contribution in [3.05, 3.63) is 29.8 Å². The van der Waals surface area contributed by atoms with E-state index in [0.29, 0.717) is 5.75 Å². The minimum absolute atomic E-state index is 0.111. The molecule has 1 aliphatic heterocycles. The number of benzene rings is 1. The number of carbonyl (C=O) groups excluding carboxylic acids is 1.